The molecule has 0 atom stereocenters. The molecule has 18 heavy (non-hydrogen) atoms. The largest absolute Gasteiger partial charge is 0.486 e. The fraction of sp³-hybridized carbons (Fsp3) is 0.462. The van der Waals surface area contributed by atoms with Crippen LogP contribution in [0.25, 0.3) is 0 Å². The number of aliphatic hydroxyl groups excluding tert-OH is 1. The first-order valence-corrected chi connectivity index (χ1v) is 6.05. The molecule has 0 radical (unpaired) electrons. The van der Waals surface area contributed by atoms with Crippen molar-refractivity contribution in [1.29, 1.82) is 0 Å². The molecule has 0 saturated heterocycles. The lowest BCUT2D eigenvalue weighted by Crippen LogP contribution is -2.27. The first kappa shape index (κ1) is 11.3. The van der Waals surface area contributed by atoms with Gasteiger partial charge in [-0.1, -0.05) is 0 Å². The predicted molar refractivity (Wildman–Crippen MR) is 64.8 cm³/mol. The quantitative estimate of drug-likeness (QED) is 0.843. The van der Waals surface area contributed by atoms with E-state index in [1.807, 2.05) is 0 Å². The van der Waals surface area contributed by atoms with Crippen molar-refractivity contribution < 1.29 is 19.4 Å². The molecule has 3 rings (SSSR count). The third-order valence-corrected chi connectivity index (χ3v) is 3.44. The van der Waals surface area contributed by atoms with Crippen molar-refractivity contribution in [3.8, 4) is 11.5 Å². The van der Waals surface area contributed by atoms with E-state index in [1.165, 1.54) is 0 Å². The average molecular weight is 249 g/mol. The van der Waals surface area contributed by atoms with Gasteiger partial charge in [-0.05, 0) is 25.0 Å². The van der Waals surface area contributed by atoms with Crippen LogP contribution in [-0.2, 0) is 4.79 Å². The third-order valence-electron chi connectivity index (χ3n) is 3.44. The minimum absolute atomic E-state index is 0.0939. The lowest BCUT2D eigenvalue weighted by molar-refractivity contribution is -0.122. The summed E-state index contributed by atoms with van der Waals surface area (Å²) in [5.74, 6) is 1.22. The summed E-state index contributed by atoms with van der Waals surface area (Å²) in [6.45, 7) is 0.973. The van der Waals surface area contributed by atoms with Crippen LogP contribution >= 0.6 is 0 Å². The van der Waals surface area contributed by atoms with Crippen molar-refractivity contribution in [2.24, 2.45) is 5.41 Å². The Morgan fingerprint density at radius 1 is 1.28 bits per heavy atom. The molecule has 1 aliphatic heterocycles. The highest BCUT2D eigenvalue weighted by Crippen LogP contribution is 2.46. The molecule has 5 nitrogen and oxygen atoms in total. The van der Waals surface area contributed by atoms with E-state index in [0.29, 0.717) is 30.4 Å². The van der Waals surface area contributed by atoms with E-state index in [1.54, 1.807) is 18.2 Å². The minimum atomic E-state index is -0.562. The van der Waals surface area contributed by atoms with E-state index < -0.39 is 5.41 Å². The van der Waals surface area contributed by atoms with Crippen LogP contribution in [0.2, 0.25) is 0 Å². The molecule has 1 heterocycles. The monoisotopic (exact) mass is 249 g/mol. The van der Waals surface area contributed by atoms with E-state index in [9.17, 15) is 9.90 Å². The fourth-order valence-electron chi connectivity index (χ4n) is 1.99. The third kappa shape index (κ3) is 1.90. The number of fused-ring (bicyclic) bond motifs is 1. The smallest absolute Gasteiger partial charge is 0.232 e. The highest BCUT2D eigenvalue weighted by Gasteiger charge is 2.49. The molecule has 1 fully saturated rings. The number of anilines is 1. The Morgan fingerprint density at radius 3 is 2.67 bits per heavy atom. The Bertz CT molecular complexity index is 482. The van der Waals surface area contributed by atoms with Crippen LogP contribution in [-0.4, -0.2) is 30.8 Å². The molecule has 1 amide bonds. The summed E-state index contributed by atoms with van der Waals surface area (Å²) in [5, 5.41) is 12.0. The van der Waals surface area contributed by atoms with Gasteiger partial charge in [-0.3, -0.25) is 4.79 Å². The van der Waals surface area contributed by atoms with Gasteiger partial charge in [-0.2, -0.15) is 0 Å². The van der Waals surface area contributed by atoms with Gasteiger partial charge in [0.25, 0.3) is 0 Å². The van der Waals surface area contributed by atoms with Crippen LogP contribution in [0, 0.1) is 5.41 Å². The van der Waals surface area contributed by atoms with Crippen LogP contribution in [0.4, 0.5) is 5.69 Å². The Labute approximate surface area is 105 Å². The minimum Gasteiger partial charge on any atom is -0.486 e. The number of hydrogen-bond donors (Lipinski definition) is 2. The molecule has 1 aromatic carbocycles. The number of rotatable bonds is 3. The Hall–Kier alpha value is -1.75. The molecule has 1 saturated carbocycles. The number of amides is 1. The lowest BCUT2D eigenvalue weighted by atomic mass is 10.1. The Balaban J connectivity index is 1.75. The first-order valence-electron chi connectivity index (χ1n) is 6.05. The topological polar surface area (TPSA) is 67.8 Å². The SMILES string of the molecule is O=C(Nc1ccc2c(c1)OCCO2)C1(CO)CC1. The second kappa shape index (κ2) is 4.17. The molecule has 1 aliphatic carbocycles. The van der Waals surface area contributed by atoms with E-state index in [0.717, 1.165) is 12.8 Å². The van der Waals surface area contributed by atoms with Gasteiger partial charge < -0.3 is 19.9 Å². The number of benzene rings is 1. The highest BCUT2D eigenvalue weighted by molar-refractivity contribution is 5.97. The summed E-state index contributed by atoms with van der Waals surface area (Å²) in [6, 6.07) is 5.31. The van der Waals surface area contributed by atoms with E-state index in [4.69, 9.17) is 9.47 Å². The standard InChI is InChI=1S/C13H15NO4/c15-8-13(3-4-13)12(16)14-9-1-2-10-11(7-9)18-6-5-17-10/h1-2,7,15H,3-6,8H2,(H,14,16). The maximum atomic E-state index is 12.0. The van der Waals surface area contributed by atoms with Crippen LogP contribution in [0.15, 0.2) is 18.2 Å². The second-order valence-electron chi connectivity index (χ2n) is 4.75. The summed E-state index contributed by atoms with van der Waals surface area (Å²) >= 11 is 0. The zero-order chi connectivity index (χ0) is 12.6. The molecule has 0 unspecified atom stereocenters. The normalized spacial score (nSPS) is 19.2. The van der Waals surface area contributed by atoms with E-state index in [-0.39, 0.29) is 12.5 Å². The number of carbonyl (C=O) groups excluding carboxylic acids is 1. The zero-order valence-electron chi connectivity index (χ0n) is 9.94. The molecule has 0 spiro atoms. The number of nitrogens with one attached hydrogen (secondary N) is 1. The zero-order valence-corrected chi connectivity index (χ0v) is 9.94. The molecule has 2 N–H and O–H groups in total. The van der Waals surface area contributed by atoms with Gasteiger partial charge in [-0.25, -0.2) is 0 Å². The van der Waals surface area contributed by atoms with Gasteiger partial charge >= 0.3 is 0 Å². The summed E-state index contributed by atoms with van der Waals surface area (Å²) in [4.78, 5) is 12.0. The van der Waals surface area contributed by atoms with Gasteiger partial charge in [0.2, 0.25) is 5.91 Å². The number of aliphatic hydroxyl groups is 1. The van der Waals surface area contributed by atoms with Crippen LogP contribution < -0.4 is 14.8 Å². The molecular formula is C13H15NO4. The van der Waals surface area contributed by atoms with Gasteiger partial charge in [0.05, 0.1) is 12.0 Å². The Morgan fingerprint density at radius 2 is 2.00 bits per heavy atom. The Kier molecular flexibility index (Phi) is 2.63. The van der Waals surface area contributed by atoms with E-state index >= 15 is 0 Å². The number of hydrogen-bond acceptors (Lipinski definition) is 4. The van der Waals surface area contributed by atoms with Crippen molar-refractivity contribution in [3.63, 3.8) is 0 Å². The average Bonchev–Trinajstić information content (AvgIpc) is 3.19. The molecule has 2 aliphatic rings. The van der Waals surface area contributed by atoms with E-state index in [2.05, 4.69) is 5.32 Å². The lowest BCUT2D eigenvalue weighted by Gasteiger charge is -2.19. The second-order valence-corrected chi connectivity index (χ2v) is 4.75. The van der Waals surface area contributed by atoms with Crippen LogP contribution in [0.3, 0.4) is 0 Å². The summed E-state index contributed by atoms with van der Waals surface area (Å²) in [6.07, 6.45) is 1.50. The van der Waals surface area contributed by atoms with Crippen LogP contribution in [0.5, 0.6) is 11.5 Å². The van der Waals surface area contributed by atoms with Crippen molar-refractivity contribution in [1.82, 2.24) is 0 Å². The fourth-order valence-corrected chi connectivity index (χ4v) is 1.99. The summed E-state index contributed by atoms with van der Waals surface area (Å²) in [5.41, 5.74) is 0.108. The number of ether oxygens (including phenoxy) is 2. The van der Waals surface area contributed by atoms with Gasteiger partial charge in [-0.15, -0.1) is 0 Å². The van der Waals surface area contributed by atoms with Crippen molar-refractivity contribution in [3.05, 3.63) is 18.2 Å². The molecule has 96 valence electrons. The first-order chi connectivity index (χ1) is 8.73. The maximum Gasteiger partial charge on any atom is 0.232 e. The maximum absolute atomic E-state index is 12.0. The summed E-state index contributed by atoms with van der Waals surface area (Å²) < 4.78 is 10.9. The molecule has 0 aromatic heterocycles. The number of carbonyl (C=O) groups is 1. The van der Waals surface area contributed by atoms with Gasteiger partial charge in [0.15, 0.2) is 11.5 Å². The van der Waals surface area contributed by atoms with Crippen LogP contribution in [0.1, 0.15) is 12.8 Å². The highest BCUT2D eigenvalue weighted by atomic mass is 16.6. The van der Waals surface area contributed by atoms with Crippen molar-refractivity contribution >= 4 is 11.6 Å². The van der Waals surface area contributed by atoms with Gasteiger partial charge in [0.1, 0.15) is 13.2 Å². The summed E-state index contributed by atoms with van der Waals surface area (Å²) in [7, 11) is 0. The van der Waals surface area contributed by atoms with Gasteiger partial charge in [0, 0.05) is 11.8 Å². The molecule has 5 heteroatoms. The molecule has 0 bridgehead atoms. The van der Waals surface area contributed by atoms with Crippen molar-refractivity contribution in [2.45, 2.75) is 12.8 Å². The predicted octanol–water partition coefficient (Wildman–Crippen LogP) is 1.17. The molecule has 1 aromatic rings. The van der Waals surface area contributed by atoms with Crippen molar-refractivity contribution in [2.75, 3.05) is 25.1 Å². The molecular weight excluding hydrogens is 234 g/mol.